The zero-order chi connectivity index (χ0) is 27.5. The van der Waals surface area contributed by atoms with Crippen LogP contribution in [0.1, 0.15) is 38.5 Å². The Morgan fingerprint density at radius 2 is 1.08 bits per heavy atom. The van der Waals surface area contributed by atoms with E-state index in [0.717, 1.165) is 18.2 Å². The standard InChI is InChI=1S/C23H10Cl3F5O6.CH4/c24-23(25,26)9-35-20(32)10-6-11(21(33)36-13-4-2-1-3-5-13)8-12(7-10)22(34)37-19-17(30)15(28)14(27)16(29)18(19)31;/h1-8H,9H2;1H4. The third kappa shape index (κ3) is 7.33. The molecule has 0 saturated carbocycles. The summed E-state index contributed by atoms with van der Waals surface area (Å²) in [5.74, 6) is -17.9. The van der Waals surface area contributed by atoms with Crippen LogP contribution in [-0.2, 0) is 4.74 Å². The molecule has 0 spiro atoms. The van der Waals surface area contributed by atoms with Crippen molar-refractivity contribution in [1.82, 2.24) is 0 Å². The van der Waals surface area contributed by atoms with Gasteiger partial charge >= 0.3 is 17.9 Å². The average molecular weight is 600 g/mol. The first kappa shape index (κ1) is 30.8. The first-order valence-electron chi connectivity index (χ1n) is 9.68. The molecule has 202 valence electrons. The van der Waals surface area contributed by atoms with Crippen LogP contribution in [-0.4, -0.2) is 28.3 Å². The van der Waals surface area contributed by atoms with Crippen LogP contribution in [0.5, 0.6) is 11.5 Å². The Hall–Kier alpha value is -3.41. The summed E-state index contributed by atoms with van der Waals surface area (Å²) in [7, 11) is 0. The molecule has 3 aromatic carbocycles. The van der Waals surface area contributed by atoms with Crippen LogP contribution in [0, 0.1) is 29.1 Å². The van der Waals surface area contributed by atoms with Gasteiger partial charge in [-0.25, -0.2) is 27.6 Å². The number of alkyl halides is 3. The van der Waals surface area contributed by atoms with Gasteiger partial charge in [-0.3, -0.25) is 0 Å². The largest absolute Gasteiger partial charge is 0.458 e. The fourth-order valence-electron chi connectivity index (χ4n) is 2.69. The van der Waals surface area contributed by atoms with Gasteiger partial charge in [-0.05, 0) is 30.3 Å². The lowest BCUT2D eigenvalue weighted by atomic mass is 10.1. The molecule has 0 radical (unpaired) electrons. The molecule has 0 atom stereocenters. The van der Waals surface area contributed by atoms with Crippen LogP contribution >= 0.6 is 34.8 Å². The Labute approximate surface area is 226 Å². The molecule has 0 aliphatic heterocycles. The highest BCUT2D eigenvalue weighted by molar-refractivity contribution is 6.67. The normalized spacial score (nSPS) is 10.8. The second-order valence-corrected chi connectivity index (χ2v) is 9.50. The summed E-state index contributed by atoms with van der Waals surface area (Å²) in [5, 5.41) is 0. The monoisotopic (exact) mass is 598 g/mol. The van der Waals surface area contributed by atoms with Crippen molar-refractivity contribution in [3.63, 3.8) is 0 Å². The molecule has 38 heavy (non-hydrogen) atoms. The molecule has 6 nitrogen and oxygen atoms in total. The van der Waals surface area contributed by atoms with E-state index in [1.807, 2.05) is 0 Å². The number of carbonyl (C=O) groups excluding carboxylic acids is 3. The van der Waals surface area contributed by atoms with Crippen molar-refractivity contribution >= 4 is 52.7 Å². The number of carbonyl (C=O) groups is 3. The van der Waals surface area contributed by atoms with E-state index in [9.17, 15) is 36.3 Å². The predicted molar refractivity (Wildman–Crippen MR) is 126 cm³/mol. The molecule has 0 heterocycles. The van der Waals surface area contributed by atoms with Gasteiger partial charge in [0, 0.05) is 0 Å². The molecule has 0 fully saturated rings. The topological polar surface area (TPSA) is 78.9 Å². The molecule has 0 bridgehead atoms. The zero-order valence-corrected chi connectivity index (χ0v) is 20.1. The van der Waals surface area contributed by atoms with Crippen molar-refractivity contribution in [1.29, 1.82) is 0 Å². The Morgan fingerprint density at radius 3 is 1.55 bits per heavy atom. The number of halogens is 8. The Bertz CT molecular complexity index is 1350. The summed E-state index contributed by atoms with van der Waals surface area (Å²) in [5.41, 5.74) is -1.70. The SMILES string of the molecule is C.O=C(OCC(Cl)(Cl)Cl)c1cc(C(=O)Oc2ccccc2)cc(C(=O)Oc2c(F)c(F)c(F)c(F)c2F)c1. The Morgan fingerprint density at radius 1 is 0.658 bits per heavy atom. The molecule has 3 aromatic rings. The van der Waals surface area contributed by atoms with Gasteiger partial charge in [-0.15, -0.1) is 0 Å². The fourth-order valence-corrected chi connectivity index (χ4v) is 2.86. The number of benzene rings is 3. The molecule has 0 aromatic heterocycles. The minimum atomic E-state index is -2.47. The van der Waals surface area contributed by atoms with Crippen LogP contribution in [0.15, 0.2) is 48.5 Å². The van der Waals surface area contributed by atoms with Crippen LogP contribution in [0.4, 0.5) is 22.0 Å². The summed E-state index contributed by atoms with van der Waals surface area (Å²) in [4.78, 5) is 37.6. The zero-order valence-electron chi connectivity index (χ0n) is 17.8. The lowest BCUT2D eigenvalue weighted by Crippen LogP contribution is -2.20. The maximum Gasteiger partial charge on any atom is 0.343 e. The molecule has 3 rings (SSSR count). The molecule has 0 saturated heterocycles. The molecule has 14 heteroatoms. The lowest BCUT2D eigenvalue weighted by molar-refractivity contribution is 0.0512. The van der Waals surface area contributed by atoms with Crippen LogP contribution < -0.4 is 9.47 Å². The number of rotatable bonds is 6. The van der Waals surface area contributed by atoms with Crippen molar-refractivity contribution in [2.45, 2.75) is 11.2 Å². The number of hydrogen-bond donors (Lipinski definition) is 0. The Kier molecular flexibility index (Phi) is 10.1. The van der Waals surface area contributed by atoms with Crippen molar-refractivity contribution in [3.8, 4) is 11.5 Å². The highest BCUT2D eigenvalue weighted by Gasteiger charge is 2.30. The molecule has 0 aliphatic rings. The lowest BCUT2D eigenvalue weighted by Gasteiger charge is -2.13. The molecule has 0 amide bonds. The smallest absolute Gasteiger partial charge is 0.343 e. The molecular weight excluding hydrogens is 586 g/mol. The number of esters is 3. The number of hydrogen-bond acceptors (Lipinski definition) is 6. The van der Waals surface area contributed by atoms with Gasteiger partial charge in [0.05, 0.1) is 16.7 Å². The van der Waals surface area contributed by atoms with E-state index >= 15 is 0 Å². The van der Waals surface area contributed by atoms with Crippen molar-refractivity contribution in [2.24, 2.45) is 0 Å². The van der Waals surface area contributed by atoms with Gasteiger partial charge in [0.2, 0.25) is 38.6 Å². The van der Waals surface area contributed by atoms with E-state index < -0.39 is 79.8 Å². The van der Waals surface area contributed by atoms with Gasteiger partial charge < -0.3 is 14.2 Å². The van der Waals surface area contributed by atoms with Crippen LogP contribution in [0.3, 0.4) is 0 Å². The van der Waals surface area contributed by atoms with E-state index in [1.54, 1.807) is 18.2 Å². The minimum Gasteiger partial charge on any atom is -0.458 e. The van der Waals surface area contributed by atoms with E-state index in [0.29, 0.717) is 0 Å². The number of ether oxygens (including phenoxy) is 3. The van der Waals surface area contributed by atoms with Gasteiger partial charge in [0.1, 0.15) is 12.4 Å². The van der Waals surface area contributed by atoms with Gasteiger partial charge in [0.15, 0.2) is 0 Å². The predicted octanol–water partition coefficient (Wildman–Crippen LogP) is 6.98. The van der Waals surface area contributed by atoms with Gasteiger partial charge in [-0.2, -0.15) is 8.78 Å². The van der Waals surface area contributed by atoms with Crippen molar-refractivity contribution < 1.29 is 50.5 Å². The second-order valence-electron chi connectivity index (χ2n) is 6.98. The first-order valence-corrected chi connectivity index (χ1v) is 10.8. The van der Waals surface area contributed by atoms with Crippen molar-refractivity contribution in [3.05, 3.63) is 94.3 Å². The third-order valence-electron chi connectivity index (χ3n) is 4.33. The van der Waals surface area contributed by atoms with Gasteiger partial charge in [-0.1, -0.05) is 60.4 Å². The fraction of sp³-hybridized carbons (Fsp3) is 0.125. The second kappa shape index (κ2) is 12.4. The van der Waals surface area contributed by atoms with E-state index in [1.165, 1.54) is 12.1 Å². The van der Waals surface area contributed by atoms with E-state index in [4.69, 9.17) is 44.3 Å². The maximum atomic E-state index is 14.0. The first-order chi connectivity index (χ1) is 17.3. The summed E-state index contributed by atoms with van der Waals surface area (Å²) in [6.45, 7) is -0.750. The molecule has 0 unspecified atom stereocenters. The van der Waals surface area contributed by atoms with Crippen molar-refractivity contribution in [2.75, 3.05) is 6.61 Å². The minimum absolute atomic E-state index is 0. The third-order valence-corrected chi connectivity index (χ3v) is 4.65. The molecule has 0 aliphatic carbocycles. The summed E-state index contributed by atoms with van der Waals surface area (Å²) in [6, 6.07) is 9.98. The average Bonchev–Trinajstić information content (AvgIpc) is 2.87. The van der Waals surface area contributed by atoms with Gasteiger partial charge in [0.25, 0.3) is 0 Å². The Balaban J connectivity index is 0.00000507. The quantitative estimate of drug-likeness (QED) is 0.0760. The van der Waals surface area contributed by atoms with E-state index in [-0.39, 0.29) is 13.2 Å². The summed E-state index contributed by atoms with van der Waals surface area (Å²) in [6.07, 6.45) is 0. The summed E-state index contributed by atoms with van der Waals surface area (Å²) >= 11 is 16.6. The summed E-state index contributed by atoms with van der Waals surface area (Å²) < 4.78 is 80.4. The highest BCUT2D eigenvalue weighted by atomic mass is 35.6. The number of para-hydroxylation sites is 1. The van der Waals surface area contributed by atoms with E-state index in [2.05, 4.69) is 4.74 Å². The highest BCUT2D eigenvalue weighted by Crippen LogP contribution is 2.30. The van der Waals surface area contributed by atoms with Crippen LogP contribution in [0.25, 0.3) is 0 Å². The molecule has 0 N–H and O–H groups in total. The molecular formula is C24H14Cl3F5O6. The van der Waals surface area contributed by atoms with Crippen LogP contribution in [0.2, 0.25) is 0 Å². The maximum absolute atomic E-state index is 14.0.